The molecule has 0 aromatic heterocycles. The first-order valence-corrected chi connectivity index (χ1v) is 7.14. The van der Waals surface area contributed by atoms with Crippen molar-refractivity contribution in [1.82, 2.24) is 0 Å². The average molecular weight is 201 g/mol. The Balaban J connectivity index is 2.12. The zero-order valence-corrected chi connectivity index (χ0v) is 7.73. The molecule has 1 saturated heterocycles. The molecule has 1 aliphatic heterocycles. The summed E-state index contributed by atoms with van der Waals surface area (Å²) in [5.74, 6) is 0. The van der Waals surface area contributed by atoms with E-state index in [9.17, 15) is 0 Å². The Kier molecular flexibility index (Phi) is 2.53. The van der Waals surface area contributed by atoms with Gasteiger partial charge in [-0.05, 0) is 0 Å². The van der Waals surface area contributed by atoms with E-state index in [-0.39, 0.29) is 3.86 Å². The summed E-state index contributed by atoms with van der Waals surface area (Å²) in [6.07, 6.45) is 3.83. The van der Waals surface area contributed by atoms with Crippen LogP contribution in [0.1, 0.15) is 19.3 Å². The van der Waals surface area contributed by atoms with Gasteiger partial charge in [0.2, 0.25) is 0 Å². The maximum atomic E-state index is 8.99. The molecule has 0 bridgehead atoms. The summed E-state index contributed by atoms with van der Waals surface area (Å²) in [5, 5.41) is 8.99. The third-order valence-electron chi connectivity index (χ3n) is 1.39. The van der Waals surface area contributed by atoms with Crippen molar-refractivity contribution >= 4 is 22.9 Å². The van der Waals surface area contributed by atoms with Crippen molar-refractivity contribution in [2.75, 3.05) is 0 Å². The summed E-state index contributed by atoms with van der Waals surface area (Å²) in [5.41, 5.74) is 0. The normalized spacial score (nSPS) is 31.9. The molecular weight excluding hydrogens is 191 g/mol. The maximum absolute atomic E-state index is 8.99. The summed E-state index contributed by atoms with van der Waals surface area (Å²) in [4.78, 5) is 0. The molecule has 0 aliphatic carbocycles. The van der Waals surface area contributed by atoms with Gasteiger partial charge in [-0.25, -0.2) is 0 Å². The summed E-state index contributed by atoms with van der Waals surface area (Å²) in [6.45, 7) is 0. The molecule has 1 radical (unpaired) electrons. The SMILES string of the molecule is O[CH]1CCC[CH2][In]1. The van der Waals surface area contributed by atoms with Crippen LogP contribution < -0.4 is 0 Å². The molecule has 1 heterocycles. The Morgan fingerprint density at radius 2 is 2.29 bits per heavy atom. The Morgan fingerprint density at radius 1 is 1.43 bits per heavy atom. The fourth-order valence-corrected chi connectivity index (χ4v) is 4.87. The quantitative estimate of drug-likeness (QED) is 0.608. The van der Waals surface area contributed by atoms with Gasteiger partial charge < -0.3 is 0 Å². The summed E-state index contributed by atoms with van der Waals surface area (Å²) < 4.78 is 1.65. The van der Waals surface area contributed by atoms with Crippen LogP contribution in [0.15, 0.2) is 0 Å². The fourth-order valence-electron chi connectivity index (χ4n) is 0.926. The van der Waals surface area contributed by atoms with Crippen molar-refractivity contribution in [3.63, 3.8) is 0 Å². The molecule has 0 aromatic rings. The van der Waals surface area contributed by atoms with Crippen molar-refractivity contribution in [1.29, 1.82) is 0 Å². The van der Waals surface area contributed by atoms with Crippen molar-refractivity contribution in [2.45, 2.75) is 27.3 Å². The van der Waals surface area contributed by atoms with E-state index in [1.54, 1.807) is 0 Å². The second-order valence-electron chi connectivity index (χ2n) is 2.09. The average Bonchev–Trinajstić information content (AvgIpc) is 1.69. The van der Waals surface area contributed by atoms with Gasteiger partial charge in [0.25, 0.3) is 0 Å². The molecule has 1 nitrogen and oxygen atoms in total. The third-order valence-corrected chi connectivity index (χ3v) is 6.01. The predicted molar refractivity (Wildman–Crippen MR) is 30.4 cm³/mol. The molecule has 1 rings (SSSR count). The van der Waals surface area contributed by atoms with Crippen LogP contribution in [0.4, 0.5) is 0 Å². The van der Waals surface area contributed by atoms with E-state index in [0.717, 1.165) is 6.42 Å². The minimum atomic E-state index is -0.399. The molecule has 0 aromatic carbocycles. The second kappa shape index (κ2) is 2.98. The molecule has 1 aliphatic rings. The van der Waals surface area contributed by atoms with Gasteiger partial charge in [-0.3, -0.25) is 0 Å². The Morgan fingerprint density at radius 3 is 2.57 bits per heavy atom. The molecule has 7 heavy (non-hydrogen) atoms. The van der Waals surface area contributed by atoms with Crippen molar-refractivity contribution in [2.24, 2.45) is 0 Å². The van der Waals surface area contributed by atoms with Crippen LogP contribution in [0, 0.1) is 0 Å². The number of aliphatic hydroxyl groups excluding tert-OH is 1. The first kappa shape index (κ1) is 5.96. The van der Waals surface area contributed by atoms with Crippen LogP contribution in [0.25, 0.3) is 0 Å². The van der Waals surface area contributed by atoms with Crippen LogP contribution in [-0.2, 0) is 0 Å². The van der Waals surface area contributed by atoms with E-state index in [1.807, 2.05) is 0 Å². The first-order valence-electron chi connectivity index (χ1n) is 2.91. The van der Waals surface area contributed by atoms with E-state index in [2.05, 4.69) is 0 Å². The van der Waals surface area contributed by atoms with Gasteiger partial charge in [-0.15, -0.1) is 0 Å². The van der Waals surface area contributed by atoms with Gasteiger partial charge in [0.05, 0.1) is 0 Å². The van der Waals surface area contributed by atoms with Crippen LogP contribution in [-0.4, -0.2) is 31.9 Å². The van der Waals surface area contributed by atoms with E-state index in [4.69, 9.17) is 5.11 Å². The van der Waals surface area contributed by atoms with Crippen LogP contribution in [0.5, 0.6) is 0 Å². The third kappa shape index (κ3) is 2.04. The van der Waals surface area contributed by atoms with Gasteiger partial charge in [0.15, 0.2) is 0 Å². The first-order chi connectivity index (χ1) is 3.39. The molecule has 1 unspecified atom stereocenters. The molecule has 2 heteroatoms. The molecule has 1 N–H and O–H groups in total. The summed E-state index contributed by atoms with van der Waals surface area (Å²) in [6, 6.07) is 0. The van der Waals surface area contributed by atoms with Crippen molar-refractivity contribution in [3.05, 3.63) is 0 Å². The van der Waals surface area contributed by atoms with Crippen LogP contribution in [0.2, 0.25) is 4.18 Å². The molecule has 1 atom stereocenters. The Labute approximate surface area is 55.5 Å². The summed E-state index contributed by atoms with van der Waals surface area (Å²) in [7, 11) is 0. The van der Waals surface area contributed by atoms with E-state index in [1.165, 1.54) is 17.0 Å². The van der Waals surface area contributed by atoms with Crippen molar-refractivity contribution in [3.8, 4) is 0 Å². The summed E-state index contributed by atoms with van der Waals surface area (Å²) >= 11 is -0.399. The van der Waals surface area contributed by atoms with Crippen LogP contribution >= 0.6 is 0 Å². The minimum absolute atomic E-state index is 0.226. The number of hydrogen-bond acceptors (Lipinski definition) is 1. The molecule has 39 valence electrons. The predicted octanol–water partition coefficient (Wildman–Crippen LogP) is 0.611. The zero-order chi connectivity index (χ0) is 5.11. The van der Waals surface area contributed by atoms with Gasteiger partial charge >= 0.3 is 55.3 Å². The fraction of sp³-hybridized carbons (Fsp3) is 1.00. The Hall–Kier alpha value is 0.830. The Bertz CT molecular complexity index is 50.0. The van der Waals surface area contributed by atoms with Gasteiger partial charge in [-0.2, -0.15) is 0 Å². The van der Waals surface area contributed by atoms with Gasteiger partial charge in [0, 0.05) is 0 Å². The zero-order valence-electron chi connectivity index (χ0n) is 4.43. The van der Waals surface area contributed by atoms with Crippen molar-refractivity contribution < 1.29 is 5.11 Å². The van der Waals surface area contributed by atoms with Crippen LogP contribution in [0.3, 0.4) is 0 Å². The topological polar surface area (TPSA) is 20.2 Å². The molecular formula is C5H10InO. The number of hydrogen-bond donors (Lipinski definition) is 1. The molecule has 1 fully saturated rings. The van der Waals surface area contributed by atoms with E-state index >= 15 is 0 Å². The molecule has 0 spiro atoms. The number of aliphatic hydroxyl groups is 1. The van der Waals surface area contributed by atoms with E-state index < -0.39 is 22.9 Å². The van der Waals surface area contributed by atoms with Gasteiger partial charge in [-0.1, -0.05) is 0 Å². The number of rotatable bonds is 0. The molecule has 0 saturated carbocycles. The monoisotopic (exact) mass is 201 g/mol. The second-order valence-corrected chi connectivity index (χ2v) is 7.28. The molecule has 0 amide bonds. The van der Waals surface area contributed by atoms with Gasteiger partial charge in [0.1, 0.15) is 0 Å². The standard InChI is InChI=1S/C5H10O.In/c1-2-3-4-5-6;/h5-6H,1-4H2;. The van der Waals surface area contributed by atoms with E-state index in [0.29, 0.717) is 0 Å².